The summed E-state index contributed by atoms with van der Waals surface area (Å²) < 4.78 is 14.0. The highest BCUT2D eigenvalue weighted by Crippen LogP contribution is 2.04. The molecule has 0 aliphatic carbocycles. The summed E-state index contributed by atoms with van der Waals surface area (Å²) in [5.74, 6) is -0.460. The number of aromatic nitrogens is 3. The molecule has 0 aliphatic rings. The largest absolute Gasteiger partial charge is 0.356 e. The Bertz CT molecular complexity index is 938. The first kappa shape index (κ1) is 16.8. The molecule has 0 saturated carbocycles. The second kappa shape index (κ2) is 7.65. The summed E-state index contributed by atoms with van der Waals surface area (Å²) in [6, 6.07) is 13.1. The van der Waals surface area contributed by atoms with E-state index in [0.29, 0.717) is 23.9 Å². The highest BCUT2D eigenvalue weighted by atomic mass is 19.1. The Hall–Kier alpha value is -3.09. The van der Waals surface area contributed by atoms with Crippen LogP contribution in [0.4, 0.5) is 4.39 Å². The maximum atomic E-state index is 12.8. The van der Waals surface area contributed by atoms with Crippen LogP contribution in [0.3, 0.4) is 0 Å². The van der Waals surface area contributed by atoms with E-state index in [4.69, 9.17) is 0 Å². The fourth-order valence-electron chi connectivity index (χ4n) is 2.46. The fourth-order valence-corrected chi connectivity index (χ4v) is 2.46. The number of carbonyl (C=O) groups excluding carboxylic acids is 1. The lowest BCUT2D eigenvalue weighted by molar-refractivity contribution is -0.121. The van der Waals surface area contributed by atoms with E-state index in [2.05, 4.69) is 15.6 Å². The number of aryl methyl sites for hydroxylation is 1. The van der Waals surface area contributed by atoms with E-state index in [0.717, 1.165) is 5.56 Å². The lowest BCUT2D eigenvalue weighted by atomic mass is 10.1. The zero-order valence-corrected chi connectivity index (χ0v) is 13.5. The fraction of sp³-hybridized carbons (Fsp3) is 0.222. The lowest BCUT2D eigenvalue weighted by Gasteiger charge is -2.07. The molecule has 2 aromatic carbocycles. The molecule has 1 amide bonds. The number of nitrogens with zero attached hydrogens (tertiary/aromatic N) is 3. The van der Waals surface area contributed by atoms with Crippen molar-refractivity contribution in [2.45, 2.75) is 19.4 Å². The van der Waals surface area contributed by atoms with Gasteiger partial charge in [0.05, 0.1) is 11.9 Å². The van der Waals surface area contributed by atoms with Crippen molar-refractivity contribution in [1.82, 2.24) is 20.3 Å². The molecular weight excluding hydrogens is 323 g/mol. The molecule has 0 atom stereocenters. The molecule has 1 aromatic heterocycles. The van der Waals surface area contributed by atoms with Gasteiger partial charge in [-0.25, -0.2) is 9.07 Å². The zero-order chi connectivity index (χ0) is 17.6. The zero-order valence-electron chi connectivity index (χ0n) is 13.5. The predicted molar refractivity (Wildman–Crippen MR) is 91.5 cm³/mol. The minimum Gasteiger partial charge on any atom is -0.356 e. The number of hydrogen-bond acceptors (Lipinski definition) is 4. The maximum absolute atomic E-state index is 12.8. The van der Waals surface area contributed by atoms with Crippen molar-refractivity contribution in [2.24, 2.45) is 0 Å². The summed E-state index contributed by atoms with van der Waals surface area (Å²) in [5.41, 5.74) is 1.22. The third-order valence-electron chi connectivity index (χ3n) is 3.83. The van der Waals surface area contributed by atoms with Gasteiger partial charge >= 0.3 is 0 Å². The first-order chi connectivity index (χ1) is 12.1. The highest BCUT2D eigenvalue weighted by Gasteiger charge is 2.07. The monoisotopic (exact) mass is 340 g/mol. The Kier molecular flexibility index (Phi) is 5.13. The van der Waals surface area contributed by atoms with Crippen molar-refractivity contribution in [2.75, 3.05) is 6.54 Å². The van der Waals surface area contributed by atoms with Crippen molar-refractivity contribution in [3.05, 3.63) is 70.3 Å². The average molecular weight is 340 g/mol. The molecule has 1 N–H and O–H groups in total. The number of halogens is 1. The molecule has 0 fully saturated rings. The Balaban J connectivity index is 1.51. The van der Waals surface area contributed by atoms with Crippen LogP contribution in [0.1, 0.15) is 12.0 Å². The molecule has 0 radical (unpaired) electrons. The van der Waals surface area contributed by atoms with Gasteiger partial charge in [0.25, 0.3) is 5.56 Å². The Morgan fingerprint density at radius 3 is 2.68 bits per heavy atom. The summed E-state index contributed by atoms with van der Waals surface area (Å²) in [4.78, 5) is 24.2. The van der Waals surface area contributed by atoms with E-state index in [9.17, 15) is 14.0 Å². The van der Waals surface area contributed by atoms with Crippen LogP contribution in [-0.4, -0.2) is 27.4 Å². The SMILES string of the molecule is O=C(CCn1nnc2ccccc2c1=O)NCCc1ccc(F)cc1. The number of hydrogen-bond donors (Lipinski definition) is 1. The van der Waals surface area contributed by atoms with Gasteiger partial charge < -0.3 is 5.32 Å². The van der Waals surface area contributed by atoms with E-state index >= 15 is 0 Å². The third-order valence-corrected chi connectivity index (χ3v) is 3.83. The number of carbonyl (C=O) groups is 1. The second-order valence-electron chi connectivity index (χ2n) is 5.61. The molecular formula is C18H17FN4O2. The van der Waals surface area contributed by atoms with Crippen LogP contribution in [0.15, 0.2) is 53.3 Å². The van der Waals surface area contributed by atoms with Crippen molar-refractivity contribution < 1.29 is 9.18 Å². The van der Waals surface area contributed by atoms with Crippen LogP contribution in [0.2, 0.25) is 0 Å². The van der Waals surface area contributed by atoms with Crippen LogP contribution in [-0.2, 0) is 17.8 Å². The number of nitrogens with one attached hydrogen (secondary N) is 1. The first-order valence-electron chi connectivity index (χ1n) is 7.97. The second-order valence-corrected chi connectivity index (χ2v) is 5.61. The van der Waals surface area contributed by atoms with Gasteiger partial charge in [0.15, 0.2) is 0 Å². The van der Waals surface area contributed by atoms with E-state index in [1.54, 1.807) is 36.4 Å². The molecule has 25 heavy (non-hydrogen) atoms. The maximum Gasteiger partial charge on any atom is 0.277 e. The van der Waals surface area contributed by atoms with Crippen molar-refractivity contribution in [1.29, 1.82) is 0 Å². The molecule has 128 valence electrons. The third kappa shape index (κ3) is 4.26. The van der Waals surface area contributed by atoms with Crippen LogP contribution in [0, 0.1) is 5.82 Å². The molecule has 1 heterocycles. The summed E-state index contributed by atoms with van der Waals surface area (Å²) in [6.45, 7) is 0.613. The molecule has 0 spiro atoms. The summed E-state index contributed by atoms with van der Waals surface area (Å²) >= 11 is 0. The van der Waals surface area contributed by atoms with E-state index in [1.165, 1.54) is 16.8 Å². The summed E-state index contributed by atoms with van der Waals surface area (Å²) in [5, 5.41) is 11.1. The molecule has 0 unspecified atom stereocenters. The van der Waals surface area contributed by atoms with Gasteiger partial charge in [-0.2, -0.15) is 0 Å². The lowest BCUT2D eigenvalue weighted by Crippen LogP contribution is -2.30. The Morgan fingerprint density at radius 1 is 1.12 bits per heavy atom. The quantitative estimate of drug-likeness (QED) is 0.741. The van der Waals surface area contributed by atoms with Gasteiger partial charge in [0, 0.05) is 13.0 Å². The minimum atomic E-state index is -0.283. The van der Waals surface area contributed by atoms with Crippen LogP contribution in [0.5, 0.6) is 0 Å². The molecule has 6 nitrogen and oxygen atoms in total. The Morgan fingerprint density at radius 2 is 1.88 bits per heavy atom. The van der Waals surface area contributed by atoms with Crippen LogP contribution in [0.25, 0.3) is 10.9 Å². The van der Waals surface area contributed by atoms with Gasteiger partial charge in [0.1, 0.15) is 11.3 Å². The predicted octanol–water partition coefficient (Wildman–Crippen LogP) is 1.68. The van der Waals surface area contributed by atoms with Gasteiger partial charge in [-0.3, -0.25) is 9.59 Å². The molecule has 3 aromatic rings. The highest BCUT2D eigenvalue weighted by molar-refractivity contribution is 5.77. The van der Waals surface area contributed by atoms with Gasteiger partial charge in [0.2, 0.25) is 5.91 Å². The molecule has 0 saturated heterocycles. The van der Waals surface area contributed by atoms with E-state index in [1.807, 2.05) is 0 Å². The molecule has 7 heteroatoms. The van der Waals surface area contributed by atoms with Gasteiger partial charge in [-0.1, -0.05) is 29.5 Å². The van der Waals surface area contributed by atoms with E-state index < -0.39 is 0 Å². The standard InChI is InChI=1S/C18H17FN4O2/c19-14-7-5-13(6-8-14)9-11-20-17(24)10-12-23-18(25)15-3-1-2-4-16(15)21-22-23/h1-8H,9-12H2,(H,20,24). The van der Waals surface area contributed by atoms with E-state index in [-0.39, 0.29) is 30.2 Å². The van der Waals surface area contributed by atoms with Crippen molar-refractivity contribution in [3.8, 4) is 0 Å². The summed E-state index contributed by atoms with van der Waals surface area (Å²) in [7, 11) is 0. The van der Waals surface area contributed by atoms with Crippen LogP contribution >= 0.6 is 0 Å². The molecule has 3 rings (SSSR count). The number of rotatable bonds is 6. The van der Waals surface area contributed by atoms with Crippen molar-refractivity contribution in [3.63, 3.8) is 0 Å². The number of fused-ring (bicyclic) bond motifs is 1. The Labute approximate surface area is 143 Å². The van der Waals surface area contributed by atoms with Crippen LogP contribution < -0.4 is 10.9 Å². The molecule has 0 bridgehead atoms. The van der Waals surface area contributed by atoms with Crippen molar-refractivity contribution >= 4 is 16.8 Å². The molecule has 0 aliphatic heterocycles. The number of amides is 1. The van der Waals surface area contributed by atoms with Gasteiger partial charge in [-0.15, -0.1) is 5.10 Å². The normalized spacial score (nSPS) is 10.8. The summed E-state index contributed by atoms with van der Waals surface area (Å²) in [6.07, 6.45) is 0.748. The minimum absolute atomic E-state index is 0.135. The first-order valence-corrected chi connectivity index (χ1v) is 7.97. The average Bonchev–Trinajstić information content (AvgIpc) is 2.63. The number of benzene rings is 2. The smallest absolute Gasteiger partial charge is 0.277 e. The van der Waals surface area contributed by atoms with Gasteiger partial charge in [-0.05, 0) is 36.2 Å². The topological polar surface area (TPSA) is 76.9 Å².